The Bertz CT molecular complexity index is 1330. The number of benzene rings is 2. The molecule has 0 spiro atoms. The largest absolute Gasteiger partial charge is 0.368 e. The molecule has 1 amide bonds. The number of hydrogen-bond donors (Lipinski definition) is 0. The van der Waals surface area contributed by atoms with Crippen molar-refractivity contribution in [2.75, 3.05) is 31.1 Å². The van der Waals surface area contributed by atoms with E-state index in [0.29, 0.717) is 37.4 Å². The van der Waals surface area contributed by atoms with E-state index in [-0.39, 0.29) is 28.6 Å². The summed E-state index contributed by atoms with van der Waals surface area (Å²) < 4.78 is 41.9. The van der Waals surface area contributed by atoms with Crippen LogP contribution >= 0.6 is 0 Å². The lowest BCUT2D eigenvalue weighted by Crippen LogP contribution is -2.48. The third-order valence-corrected chi connectivity index (χ3v) is 6.06. The van der Waals surface area contributed by atoms with Crippen LogP contribution in [-0.4, -0.2) is 51.6 Å². The summed E-state index contributed by atoms with van der Waals surface area (Å²) in [6.07, 6.45) is -1.47. The van der Waals surface area contributed by atoms with Crippen molar-refractivity contribution >= 4 is 17.2 Å². The van der Waals surface area contributed by atoms with Gasteiger partial charge in [0.05, 0.1) is 11.9 Å². The molecule has 3 heterocycles. The molecule has 1 saturated heterocycles. The molecular formula is C25H22F3N5O. The van der Waals surface area contributed by atoms with Crippen molar-refractivity contribution in [3.8, 4) is 11.3 Å². The van der Waals surface area contributed by atoms with Crippen LogP contribution in [0.2, 0.25) is 0 Å². The zero-order chi connectivity index (χ0) is 23.8. The van der Waals surface area contributed by atoms with E-state index in [2.05, 4.69) is 15.0 Å². The van der Waals surface area contributed by atoms with Gasteiger partial charge in [0, 0.05) is 37.4 Å². The number of nitrogens with zero attached hydrogens (tertiary/aromatic N) is 5. The quantitative estimate of drug-likeness (QED) is 0.437. The summed E-state index contributed by atoms with van der Waals surface area (Å²) >= 11 is 0. The van der Waals surface area contributed by atoms with Gasteiger partial charge in [-0.3, -0.25) is 4.79 Å². The van der Waals surface area contributed by atoms with Crippen molar-refractivity contribution in [3.05, 3.63) is 83.4 Å². The van der Waals surface area contributed by atoms with Crippen LogP contribution in [0.3, 0.4) is 0 Å². The van der Waals surface area contributed by atoms with E-state index in [0.717, 1.165) is 15.8 Å². The molecule has 9 heteroatoms. The number of fused-ring (bicyclic) bond motifs is 1. The minimum Gasteiger partial charge on any atom is -0.368 e. The van der Waals surface area contributed by atoms with Gasteiger partial charge in [-0.25, -0.2) is 22.7 Å². The number of alkyl halides is 2. The lowest BCUT2D eigenvalue weighted by molar-refractivity contribution is 0.0748. The van der Waals surface area contributed by atoms with Crippen LogP contribution in [0.25, 0.3) is 16.9 Å². The van der Waals surface area contributed by atoms with E-state index in [1.807, 2.05) is 31.2 Å². The second-order valence-electron chi connectivity index (χ2n) is 8.28. The molecule has 1 fully saturated rings. The Labute approximate surface area is 194 Å². The van der Waals surface area contributed by atoms with Crippen LogP contribution < -0.4 is 4.90 Å². The van der Waals surface area contributed by atoms with Gasteiger partial charge < -0.3 is 9.80 Å². The summed E-state index contributed by atoms with van der Waals surface area (Å²) in [4.78, 5) is 21.6. The van der Waals surface area contributed by atoms with Crippen molar-refractivity contribution in [2.24, 2.45) is 0 Å². The van der Waals surface area contributed by atoms with Gasteiger partial charge >= 0.3 is 0 Å². The Hall–Kier alpha value is -3.88. The monoisotopic (exact) mass is 465 g/mol. The zero-order valence-corrected chi connectivity index (χ0v) is 18.5. The lowest BCUT2D eigenvalue weighted by atomic mass is 10.1. The SMILES string of the molecule is Cc1ccc(-c2cc(C(F)F)n3ncc(C(=O)N4CCN(c5ccc(F)cc5)CC4)c3n2)cc1. The molecule has 0 N–H and O–H groups in total. The average Bonchev–Trinajstić information content (AvgIpc) is 3.28. The van der Waals surface area contributed by atoms with Crippen LogP contribution in [0.4, 0.5) is 18.9 Å². The molecule has 2 aromatic carbocycles. The number of amides is 1. The average molecular weight is 465 g/mol. The van der Waals surface area contributed by atoms with Crippen molar-refractivity contribution in [3.63, 3.8) is 0 Å². The maximum atomic E-state index is 13.8. The number of aryl methyl sites for hydroxylation is 1. The number of hydrogen-bond acceptors (Lipinski definition) is 4. The first-order valence-corrected chi connectivity index (χ1v) is 10.9. The highest BCUT2D eigenvalue weighted by Crippen LogP contribution is 2.28. The molecular weight excluding hydrogens is 443 g/mol. The second kappa shape index (κ2) is 8.81. The first-order chi connectivity index (χ1) is 16.4. The highest BCUT2D eigenvalue weighted by molar-refractivity contribution is 6.00. The van der Waals surface area contributed by atoms with Crippen LogP contribution in [0, 0.1) is 12.7 Å². The number of piperazine rings is 1. The standard InChI is InChI=1S/C25H22F3N5O/c1-16-2-4-17(5-3-16)21-14-22(23(27)28)33-24(30-21)20(15-29-33)25(34)32-12-10-31(11-13-32)19-8-6-18(26)7-9-19/h2-9,14-15,23H,10-13H2,1H3. The summed E-state index contributed by atoms with van der Waals surface area (Å²) in [7, 11) is 0. The first kappa shape index (κ1) is 21.9. The molecule has 0 aliphatic carbocycles. The lowest BCUT2D eigenvalue weighted by Gasteiger charge is -2.36. The van der Waals surface area contributed by atoms with Gasteiger partial charge in [0.25, 0.3) is 12.3 Å². The predicted octanol–water partition coefficient (Wildman–Crippen LogP) is 4.74. The van der Waals surface area contributed by atoms with Gasteiger partial charge in [-0.05, 0) is 37.3 Å². The van der Waals surface area contributed by atoms with Gasteiger partial charge in [0.2, 0.25) is 0 Å². The first-order valence-electron chi connectivity index (χ1n) is 10.9. The molecule has 4 aromatic rings. The minimum atomic E-state index is -2.78. The summed E-state index contributed by atoms with van der Waals surface area (Å²) in [5.74, 6) is -0.603. The van der Waals surface area contributed by atoms with Crippen molar-refractivity contribution in [1.82, 2.24) is 19.5 Å². The van der Waals surface area contributed by atoms with E-state index in [4.69, 9.17) is 0 Å². The van der Waals surface area contributed by atoms with Crippen molar-refractivity contribution < 1.29 is 18.0 Å². The van der Waals surface area contributed by atoms with E-state index >= 15 is 0 Å². The van der Waals surface area contributed by atoms with Gasteiger partial charge in [-0.2, -0.15) is 5.10 Å². The van der Waals surface area contributed by atoms with E-state index in [1.54, 1.807) is 17.0 Å². The number of rotatable bonds is 4. The molecule has 1 aliphatic rings. The normalized spacial score (nSPS) is 14.3. The van der Waals surface area contributed by atoms with Crippen LogP contribution in [-0.2, 0) is 0 Å². The van der Waals surface area contributed by atoms with Gasteiger partial charge in [0.1, 0.15) is 17.1 Å². The number of carbonyl (C=O) groups excluding carboxylic acids is 1. The van der Waals surface area contributed by atoms with Gasteiger partial charge in [0.15, 0.2) is 5.65 Å². The molecule has 0 radical (unpaired) electrons. The highest BCUT2D eigenvalue weighted by Gasteiger charge is 2.27. The molecule has 174 valence electrons. The highest BCUT2D eigenvalue weighted by atomic mass is 19.3. The molecule has 2 aromatic heterocycles. The molecule has 0 unspecified atom stereocenters. The number of aromatic nitrogens is 3. The Kier molecular flexibility index (Phi) is 5.69. The van der Waals surface area contributed by atoms with E-state index in [1.165, 1.54) is 24.4 Å². The van der Waals surface area contributed by atoms with Crippen LogP contribution in [0.1, 0.15) is 28.0 Å². The van der Waals surface area contributed by atoms with E-state index in [9.17, 15) is 18.0 Å². The summed E-state index contributed by atoms with van der Waals surface area (Å²) in [6, 6.07) is 14.9. The smallest absolute Gasteiger partial charge is 0.280 e. The van der Waals surface area contributed by atoms with Crippen LogP contribution in [0.5, 0.6) is 0 Å². The fraction of sp³-hybridized carbons (Fsp3) is 0.240. The maximum absolute atomic E-state index is 13.8. The third-order valence-electron chi connectivity index (χ3n) is 6.06. The molecule has 1 aliphatic heterocycles. The topological polar surface area (TPSA) is 53.7 Å². The van der Waals surface area contributed by atoms with Crippen molar-refractivity contribution in [1.29, 1.82) is 0 Å². The Morgan fingerprint density at radius 3 is 2.29 bits per heavy atom. The van der Waals surface area contributed by atoms with Gasteiger partial charge in [-0.1, -0.05) is 29.8 Å². The molecule has 0 bridgehead atoms. The molecule has 6 nitrogen and oxygen atoms in total. The Morgan fingerprint density at radius 1 is 0.971 bits per heavy atom. The Balaban J connectivity index is 1.43. The molecule has 34 heavy (non-hydrogen) atoms. The summed E-state index contributed by atoms with van der Waals surface area (Å²) in [6.45, 7) is 3.95. The fourth-order valence-corrected chi connectivity index (χ4v) is 4.15. The van der Waals surface area contributed by atoms with E-state index < -0.39 is 6.43 Å². The second-order valence-corrected chi connectivity index (χ2v) is 8.28. The van der Waals surface area contributed by atoms with Crippen LogP contribution in [0.15, 0.2) is 60.8 Å². The number of carbonyl (C=O) groups is 1. The van der Waals surface area contributed by atoms with Gasteiger partial charge in [-0.15, -0.1) is 0 Å². The predicted molar refractivity (Wildman–Crippen MR) is 123 cm³/mol. The molecule has 0 saturated carbocycles. The summed E-state index contributed by atoms with van der Waals surface area (Å²) in [5, 5.41) is 4.06. The molecule has 5 rings (SSSR count). The fourth-order valence-electron chi connectivity index (χ4n) is 4.15. The van der Waals surface area contributed by atoms with Crippen molar-refractivity contribution in [2.45, 2.75) is 13.3 Å². The number of anilines is 1. The Morgan fingerprint density at radius 2 is 1.65 bits per heavy atom. The number of halogens is 3. The third kappa shape index (κ3) is 4.09. The summed E-state index contributed by atoms with van der Waals surface area (Å²) in [5.41, 5.74) is 2.95. The minimum absolute atomic E-state index is 0.110. The maximum Gasteiger partial charge on any atom is 0.280 e. The zero-order valence-electron chi connectivity index (χ0n) is 18.5. The molecule has 0 atom stereocenters.